The third kappa shape index (κ3) is 4.54. The van der Waals surface area contributed by atoms with E-state index < -0.39 is 0 Å². The topological polar surface area (TPSA) is 30.5 Å². The number of rotatable bonds is 6. The van der Waals surface area contributed by atoms with Crippen molar-refractivity contribution in [1.29, 1.82) is 0 Å². The highest BCUT2D eigenvalue weighted by molar-refractivity contribution is 6.30. The predicted molar refractivity (Wildman–Crippen MR) is 68.8 cm³/mol. The summed E-state index contributed by atoms with van der Waals surface area (Å²) in [6.45, 7) is 3.33. The monoisotopic (exact) mass is 255 g/mol. The highest BCUT2D eigenvalue weighted by Crippen LogP contribution is 2.15. The maximum Gasteiger partial charge on any atom is 0.119 e. The van der Waals surface area contributed by atoms with Crippen LogP contribution in [0.3, 0.4) is 0 Å². The van der Waals surface area contributed by atoms with E-state index in [0.717, 1.165) is 30.5 Å². The van der Waals surface area contributed by atoms with Crippen LogP contribution >= 0.6 is 11.6 Å². The quantitative estimate of drug-likeness (QED) is 0.793. The minimum absolute atomic E-state index is 0.394. The normalized spacial score (nSPS) is 19.5. The Morgan fingerprint density at radius 3 is 2.88 bits per heavy atom. The Kier molecular flexibility index (Phi) is 5.10. The van der Waals surface area contributed by atoms with E-state index >= 15 is 0 Å². The molecular weight excluding hydrogens is 238 g/mol. The minimum atomic E-state index is 0.394. The Bertz CT molecular complexity index is 323. The summed E-state index contributed by atoms with van der Waals surface area (Å²) >= 11 is 5.79. The second-order valence-corrected chi connectivity index (χ2v) is 4.58. The molecule has 1 atom stereocenters. The molecule has 0 radical (unpaired) electrons. The van der Waals surface area contributed by atoms with Crippen LogP contribution in [0.25, 0.3) is 0 Å². The lowest BCUT2D eigenvalue weighted by Crippen LogP contribution is -2.29. The fourth-order valence-corrected chi connectivity index (χ4v) is 1.97. The van der Waals surface area contributed by atoms with Crippen molar-refractivity contribution in [1.82, 2.24) is 5.32 Å². The molecule has 1 aliphatic rings. The largest absolute Gasteiger partial charge is 0.492 e. The van der Waals surface area contributed by atoms with E-state index in [1.165, 1.54) is 12.8 Å². The third-order valence-corrected chi connectivity index (χ3v) is 3.01. The summed E-state index contributed by atoms with van der Waals surface area (Å²) in [6.07, 6.45) is 2.75. The lowest BCUT2D eigenvalue weighted by atomic mass is 10.2. The van der Waals surface area contributed by atoms with Gasteiger partial charge in [-0.25, -0.2) is 0 Å². The van der Waals surface area contributed by atoms with Crippen molar-refractivity contribution in [3.05, 3.63) is 29.3 Å². The average molecular weight is 256 g/mol. The molecule has 1 fully saturated rings. The maximum absolute atomic E-state index is 5.79. The van der Waals surface area contributed by atoms with Crippen molar-refractivity contribution in [3.8, 4) is 5.75 Å². The summed E-state index contributed by atoms with van der Waals surface area (Å²) in [6, 6.07) is 7.41. The molecule has 0 saturated carbocycles. The number of benzene rings is 1. The molecule has 0 spiro atoms. The van der Waals surface area contributed by atoms with Crippen LogP contribution in [0.4, 0.5) is 0 Å². The zero-order valence-electron chi connectivity index (χ0n) is 9.82. The SMILES string of the molecule is Clc1ccc(OCCNC[C@H]2CCCO2)cc1. The van der Waals surface area contributed by atoms with Crippen LogP contribution in [0.2, 0.25) is 5.02 Å². The Balaban J connectivity index is 1.55. The lowest BCUT2D eigenvalue weighted by molar-refractivity contribution is 0.109. The van der Waals surface area contributed by atoms with Gasteiger partial charge in [0.25, 0.3) is 0 Å². The fourth-order valence-electron chi connectivity index (χ4n) is 1.84. The molecule has 4 heteroatoms. The van der Waals surface area contributed by atoms with Crippen molar-refractivity contribution in [3.63, 3.8) is 0 Å². The van der Waals surface area contributed by atoms with E-state index in [2.05, 4.69) is 5.32 Å². The Labute approximate surface area is 107 Å². The van der Waals surface area contributed by atoms with Gasteiger partial charge in [0, 0.05) is 24.7 Å². The van der Waals surface area contributed by atoms with Crippen molar-refractivity contribution in [2.75, 3.05) is 26.3 Å². The van der Waals surface area contributed by atoms with Gasteiger partial charge in [0.05, 0.1) is 6.10 Å². The molecule has 0 amide bonds. The molecule has 94 valence electrons. The van der Waals surface area contributed by atoms with E-state index in [0.29, 0.717) is 12.7 Å². The molecular formula is C13H18ClNO2. The first-order valence-corrected chi connectivity index (χ1v) is 6.43. The van der Waals surface area contributed by atoms with Crippen LogP contribution in [-0.2, 0) is 4.74 Å². The third-order valence-electron chi connectivity index (χ3n) is 2.76. The molecule has 1 aromatic carbocycles. The summed E-state index contributed by atoms with van der Waals surface area (Å²) < 4.78 is 11.1. The van der Waals surface area contributed by atoms with E-state index in [1.807, 2.05) is 24.3 Å². The summed E-state index contributed by atoms with van der Waals surface area (Å²) in [4.78, 5) is 0. The molecule has 17 heavy (non-hydrogen) atoms. The number of hydrogen-bond donors (Lipinski definition) is 1. The zero-order valence-corrected chi connectivity index (χ0v) is 10.6. The molecule has 0 aromatic heterocycles. The van der Waals surface area contributed by atoms with Gasteiger partial charge in [0.15, 0.2) is 0 Å². The van der Waals surface area contributed by atoms with Crippen molar-refractivity contribution >= 4 is 11.6 Å². The molecule has 1 aromatic rings. The van der Waals surface area contributed by atoms with Gasteiger partial charge in [-0.05, 0) is 37.1 Å². The first-order valence-electron chi connectivity index (χ1n) is 6.05. The Morgan fingerprint density at radius 1 is 1.35 bits per heavy atom. The molecule has 1 N–H and O–H groups in total. The summed E-state index contributed by atoms with van der Waals surface area (Å²) in [5.74, 6) is 0.855. The Morgan fingerprint density at radius 2 is 2.18 bits per heavy atom. The molecule has 0 bridgehead atoms. The lowest BCUT2D eigenvalue weighted by Gasteiger charge is -2.11. The zero-order chi connectivity index (χ0) is 11.9. The van der Waals surface area contributed by atoms with Gasteiger partial charge in [-0.1, -0.05) is 11.6 Å². The van der Waals surface area contributed by atoms with Crippen LogP contribution < -0.4 is 10.1 Å². The fraction of sp³-hybridized carbons (Fsp3) is 0.538. The van der Waals surface area contributed by atoms with E-state index in [9.17, 15) is 0 Å². The molecule has 1 aliphatic heterocycles. The van der Waals surface area contributed by atoms with Gasteiger partial charge >= 0.3 is 0 Å². The average Bonchev–Trinajstić information content (AvgIpc) is 2.84. The maximum atomic E-state index is 5.79. The van der Waals surface area contributed by atoms with Gasteiger partial charge in [-0.2, -0.15) is 0 Å². The second kappa shape index (κ2) is 6.84. The van der Waals surface area contributed by atoms with Gasteiger partial charge in [0.2, 0.25) is 0 Å². The van der Waals surface area contributed by atoms with Crippen LogP contribution in [0.1, 0.15) is 12.8 Å². The standard InChI is InChI=1S/C13H18ClNO2/c14-11-3-5-12(6-4-11)17-9-7-15-10-13-2-1-8-16-13/h3-6,13,15H,1-2,7-10H2/t13-/m1/s1. The van der Waals surface area contributed by atoms with Gasteiger partial charge in [-0.3, -0.25) is 0 Å². The van der Waals surface area contributed by atoms with Crippen LogP contribution in [0, 0.1) is 0 Å². The van der Waals surface area contributed by atoms with Crippen LogP contribution in [-0.4, -0.2) is 32.4 Å². The van der Waals surface area contributed by atoms with E-state index in [1.54, 1.807) is 0 Å². The van der Waals surface area contributed by atoms with Gasteiger partial charge < -0.3 is 14.8 Å². The molecule has 0 unspecified atom stereocenters. The number of nitrogens with one attached hydrogen (secondary N) is 1. The predicted octanol–water partition coefficient (Wildman–Crippen LogP) is 2.49. The highest BCUT2D eigenvalue weighted by Gasteiger charge is 2.14. The number of halogens is 1. The van der Waals surface area contributed by atoms with Crippen molar-refractivity contribution < 1.29 is 9.47 Å². The Hall–Kier alpha value is -0.770. The molecule has 1 saturated heterocycles. The van der Waals surface area contributed by atoms with Crippen molar-refractivity contribution in [2.45, 2.75) is 18.9 Å². The van der Waals surface area contributed by atoms with Gasteiger partial charge in [-0.15, -0.1) is 0 Å². The van der Waals surface area contributed by atoms with Crippen LogP contribution in [0.15, 0.2) is 24.3 Å². The molecule has 2 rings (SSSR count). The first kappa shape index (κ1) is 12.7. The summed E-state index contributed by atoms with van der Waals surface area (Å²) in [7, 11) is 0. The summed E-state index contributed by atoms with van der Waals surface area (Å²) in [5, 5.41) is 4.06. The summed E-state index contributed by atoms with van der Waals surface area (Å²) in [5.41, 5.74) is 0. The molecule has 1 heterocycles. The van der Waals surface area contributed by atoms with Gasteiger partial charge in [0.1, 0.15) is 12.4 Å². The van der Waals surface area contributed by atoms with E-state index in [4.69, 9.17) is 21.1 Å². The van der Waals surface area contributed by atoms with Crippen molar-refractivity contribution in [2.24, 2.45) is 0 Å². The molecule has 3 nitrogen and oxygen atoms in total. The molecule has 0 aliphatic carbocycles. The number of hydrogen-bond acceptors (Lipinski definition) is 3. The first-order chi connectivity index (χ1) is 8.34. The minimum Gasteiger partial charge on any atom is -0.492 e. The van der Waals surface area contributed by atoms with Crippen LogP contribution in [0.5, 0.6) is 5.75 Å². The van der Waals surface area contributed by atoms with E-state index in [-0.39, 0.29) is 0 Å². The number of ether oxygens (including phenoxy) is 2. The smallest absolute Gasteiger partial charge is 0.119 e. The highest BCUT2D eigenvalue weighted by atomic mass is 35.5. The second-order valence-electron chi connectivity index (χ2n) is 4.14.